The van der Waals surface area contributed by atoms with E-state index in [1.54, 1.807) is 67.0 Å². The average molecular weight is 1280 g/mol. The maximum Gasteiger partial charge on any atom is 0.408 e. The molecule has 0 saturated carbocycles. The van der Waals surface area contributed by atoms with Gasteiger partial charge in [-0.1, -0.05) is 81.4 Å². The van der Waals surface area contributed by atoms with Crippen molar-refractivity contribution in [2.45, 2.75) is 140 Å². The Hall–Kier alpha value is -8.47. The molecule has 89 heavy (non-hydrogen) atoms. The van der Waals surface area contributed by atoms with Crippen LogP contribution >= 0.6 is 24.2 Å². The molecule has 17 N–H and O–H groups in total. The lowest BCUT2D eigenvalue weighted by molar-refractivity contribution is -0.137. The minimum absolute atomic E-state index is 0. The second kappa shape index (κ2) is 37.4. The van der Waals surface area contributed by atoms with E-state index in [1.807, 2.05) is 25.7 Å². The van der Waals surface area contributed by atoms with Crippen LogP contribution in [0, 0.1) is 5.92 Å². The van der Waals surface area contributed by atoms with Crippen molar-refractivity contribution in [2.24, 2.45) is 28.1 Å². The number of phenols is 1. The highest BCUT2D eigenvalue weighted by Gasteiger charge is 2.37. The Morgan fingerprint density at radius 2 is 1.25 bits per heavy atom. The predicted molar refractivity (Wildman–Crippen MR) is 337 cm³/mol. The Morgan fingerprint density at radius 3 is 1.87 bits per heavy atom. The number of hydrogen-bond donors (Lipinski definition) is 14. The molecule has 0 unspecified atom stereocenters. The number of para-hydroxylation sites is 1. The number of thioether (sulfide) groups is 1. The number of aromatic amines is 1. The van der Waals surface area contributed by atoms with E-state index >= 15 is 0 Å². The third-order valence-electron chi connectivity index (χ3n) is 14.5. The van der Waals surface area contributed by atoms with Crippen molar-refractivity contribution in [1.29, 1.82) is 0 Å². The largest absolute Gasteiger partial charge is 0.508 e. The predicted octanol–water partition coefficient (Wildman–Crippen LogP) is 0.522. The molecule has 27 nitrogen and oxygen atoms in total. The van der Waals surface area contributed by atoms with E-state index in [9.17, 15) is 58.2 Å². The van der Waals surface area contributed by atoms with E-state index in [-0.39, 0.29) is 94.6 Å². The quantitative estimate of drug-likeness (QED) is 0.0170. The van der Waals surface area contributed by atoms with E-state index < -0.39 is 114 Å². The van der Waals surface area contributed by atoms with Crippen LogP contribution in [0.3, 0.4) is 0 Å². The molecule has 1 fully saturated rings. The number of nitrogens with two attached hydrogens (primary N) is 3. The van der Waals surface area contributed by atoms with Crippen molar-refractivity contribution < 1.29 is 62.9 Å². The first-order valence-electron chi connectivity index (χ1n) is 29.2. The van der Waals surface area contributed by atoms with Gasteiger partial charge >= 0.3 is 6.09 Å². The molecule has 1 saturated heterocycles. The fourth-order valence-electron chi connectivity index (χ4n) is 9.87. The standard InChI is InChI=1S/C60H84N14O13S.ClH/c1-5-74-27-12-18-49(74)58(85)73-53(80)42(17-11-26-64-59(62)63)66-54(81)45(29-35(2)3)68-52(79)44(25-28-88-4)67-55(82)46(30-36-19-21-39(76)22-20-36)69-57(84)48(33-75)71-56(83)47(31-38-32-65-41-16-10-9-15-40(38)41)70-51(78)43(23-24-50(61)77)72-60(86)87-34-37-13-7-6-8-14-37;/h6-10,13-16,19-22,32,35,42-49,65,75-76H,5,11-12,17-18,23-31,33-34H2,1-4H3,(H2,61,77)(H,66,81)(H,67,82)(H,68,79)(H,69,84)(H,70,78)(H,71,83)(H,72,86)(H4,62,63,64)(H,73,80,85);1H/t42-,43-,44+,45-,46-,47-,48-,49-;/m0./s1. The van der Waals surface area contributed by atoms with Crippen LogP contribution in [-0.2, 0) is 67.3 Å². The number of imide groups is 1. The molecule has 8 atom stereocenters. The minimum Gasteiger partial charge on any atom is -0.508 e. The zero-order valence-electron chi connectivity index (χ0n) is 50.4. The number of aliphatic hydroxyl groups is 1. The maximum absolute atomic E-state index is 14.6. The highest BCUT2D eigenvalue weighted by atomic mass is 35.5. The number of likely N-dealkylation sites (tertiary alicyclic amines) is 1. The molecule has 0 bridgehead atoms. The number of aromatic hydroxyl groups is 1. The molecular formula is C60H85ClN14O13S. The van der Waals surface area contributed by atoms with E-state index in [0.29, 0.717) is 52.9 Å². The lowest BCUT2D eigenvalue weighted by atomic mass is 10.0. The van der Waals surface area contributed by atoms with E-state index in [4.69, 9.17) is 21.9 Å². The van der Waals surface area contributed by atoms with Gasteiger partial charge in [0.15, 0.2) is 5.96 Å². The molecule has 486 valence electrons. The van der Waals surface area contributed by atoms with Crippen molar-refractivity contribution in [3.63, 3.8) is 0 Å². The third kappa shape index (κ3) is 24.2. The van der Waals surface area contributed by atoms with Crippen molar-refractivity contribution in [3.05, 3.63) is 102 Å². The average Bonchev–Trinajstić information content (AvgIpc) is 2.21. The van der Waals surface area contributed by atoms with Crippen molar-refractivity contribution in [2.75, 3.05) is 38.2 Å². The number of nitrogens with one attached hydrogen (secondary N) is 9. The number of primary amides is 1. The number of halogens is 1. The van der Waals surface area contributed by atoms with Gasteiger partial charge in [-0.15, -0.1) is 12.4 Å². The van der Waals surface area contributed by atoms with Gasteiger partial charge in [0.2, 0.25) is 53.2 Å². The van der Waals surface area contributed by atoms with Crippen LogP contribution in [0.2, 0.25) is 0 Å². The molecule has 3 aromatic carbocycles. The number of nitrogens with zero attached hydrogens (tertiary/aromatic N) is 2. The van der Waals surface area contributed by atoms with Gasteiger partial charge in [0.1, 0.15) is 54.6 Å². The summed E-state index contributed by atoms with van der Waals surface area (Å²) in [4.78, 5) is 147. The molecular weight excluding hydrogens is 1190 g/mol. The van der Waals surface area contributed by atoms with Crippen LogP contribution in [0.5, 0.6) is 5.75 Å². The fraction of sp³-hybridized carbons (Fsp3) is 0.483. The molecule has 10 amide bonds. The second-order valence-electron chi connectivity index (χ2n) is 21.7. The number of aromatic nitrogens is 1. The Labute approximate surface area is 527 Å². The van der Waals surface area contributed by atoms with Gasteiger partial charge in [-0.05, 0) is 111 Å². The SMILES string of the molecule is CCN1CCC[C@H]1C(=O)NC(=O)[C@H](CCCN=C(N)N)NC(=O)[C@H](CC(C)C)NC(=O)[C@@H](CCSC)NC(=O)[C@H](Cc1ccc(O)cc1)NC(=O)[C@H](CO)NC(=O)[C@H](Cc1c[nH]c2ccccc12)NC(=O)[C@H](CCC(N)=O)NC(=O)OCc1ccccc1.Cl. The summed E-state index contributed by atoms with van der Waals surface area (Å²) in [7, 11) is 0. The Kier molecular flexibility index (Phi) is 30.7. The molecule has 0 spiro atoms. The van der Waals surface area contributed by atoms with Gasteiger partial charge in [-0.25, -0.2) is 4.79 Å². The lowest BCUT2D eigenvalue weighted by Gasteiger charge is -2.28. The van der Waals surface area contributed by atoms with Crippen molar-refractivity contribution in [3.8, 4) is 5.75 Å². The maximum atomic E-state index is 14.6. The molecule has 1 aromatic heterocycles. The smallest absolute Gasteiger partial charge is 0.408 e. The molecule has 4 aromatic rings. The number of carbonyl (C=O) groups excluding carboxylic acids is 10. The summed E-state index contributed by atoms with van der Waals surface area (Å²) in [6.07, 6.45) is 2.95. The van der Waals surface area contributed by atoms with Crippen LogP contribution in [0.4, 0.5) is 4.79 Å². The molecule has 2 heterocycles. The zero-order chi connectivity index (χ0) is 64.3. The number of fused-ring (bicyclic) bond motifs is 1. The zero-order valence-corrected chi connectivity index (χ0v) is 52.1. The number of amides is 10. The number of guanidine groups is 1. The topological polar surface area (TPSA) is 426 Å². The number of benzene rings is 3. The van der Waals surface area contributed by atoms with E-state index in [1.165, 1.54) is 36.0 Å². The van der Waals surface area contributed by atoms with Gasteiger partial charge in [-0.3, -0.25) is 58.4 Å². The highest BCUT2D eigenvalue weighted by molar-refractivity contribution is 7.98. The number of rotatable bonds is 35. The third-order valence-corrected chi connectivity index (χ3v) is 15.2. The first kappa shape index (κ1) is 73.0. The van der Waals surface area contributed by atoms with E-state index in [2.05, 4.69) is 52.5 Å². The summed E-state index contributed by atoms with van der Waals surface area (Å²) >= 11 is 1.36. The summed E-state index contributed by atoms with van der Waals surface area (Å²) in [5.41, 5.74) is 18.8. The van der Waals surface area contributed by atoms with Crippen molar-refractivity contribution >= 4 is 100 Å². The second-order valence-corrected chi connectivity index (χ2v) is 22.7. The fourth-order valence-corrected chi connectivity index (χ4v) is 10.3. The number of alkyl carbamates (subject to hydrolysis) is 1. The summed E-state index contributed by atoms with van der Waals surface area (Å²) in [5, 5.41) is 42.3. The van der Waals surface area contributed by atoms with Gasteiger partial charge < -0.3 is 74.4 Å². The number of ether oxygens (including phenoxy) is 1. The first-order valence-corrected chi connectivity index (χ1v) is 30.6. The van der Waals surface area contributed by atoms with Gasteiger partial charge in [0.25, 0.3) is 0 Å². The summed E-state index contributed by atoms with van der Waals surface area (Å²) in [6, 6.07) is 10.8. The lowest BCUT2D eigenvalue weighted by Crippen LogP contribution is -2.61. The molecule has 5 rings (SSSR count). The monoisotopic (exact) mass is 1280 g/mol. The van der Waals surface area contributed by atoms with Crippen LogP contribution in [0.1, 0.15) is 88.8 Å². The first-order chi connectivity index (χ1) is 42.1. The van der Waals surface area contributed by atoms with Crippen molar-refractivity contribution in [1.82, 2.24) is 52.4 Å². The molecule has 0 radical (unpaired) electrons. The van der Waals surface area contributed by atoms with E-state index in [0.717, 1.165) is 6.42 Å². The molecule has 1 aliphatic rings. The van der Waals surface area contributed by atoms with Gasteiger partial charge in [0, 0.05) is 42.9 Å². The Balaban J connectivity index is 0.0000169. The molecule has 29 heteroatoms. The number of carbonyl (C=O) groups is 10. The highest BCUT2D eigenvalue weighted by Crippen LogP contribution is 2.21. The van der Waals surface area contributed by atoms with Gasteiger partial charge in [-0.2, -0.15) is 11.8 Å². The summed E-state index contributed by atoms with van der Waals surface area (Å²) in [5.74, 6) is -7.62. The number of aliphatic hydroxyl groups excluding tert-OH is 1. The number of hydrogen-bond acceptors (Lipinski definition) is 16. The van der Waals surface area contributed by atoms with Crippen LogP contribution in [0.25, 0.3) is 10.9 Å². The minimum atomic E-state index is -1.78. The number of likely N-dealkylation sites (N-methyl/N-ethyl adjacent to an activating group) is 1. The number of H-pyrrole nitrogens is 1. The summed E-state index contributed by atoms with van der Waals surface area (Å²) < 4.78 is 5.33. The van der Waals surface area contributed by atoms with Gasteiger partial charge in [0.05, 0.1) is 12.6 Å². The Morgan fingerprint density at radius 1 is 0.685 bits per heavy atom. The molecule has 1 aliphatic heterocycles. The van der Waals surface area contributed by atoms with Crippen LogP contribution < -0.4 is 59.7 Å². The molecule has 0 aliphatic carbocycles. The summed E-state index contributed by atoms with van der Waals surface area (Å²) in [6.45, 7) is 5.75. The Bertz CT molecular complexity index is 3040. The van der Waals surface area contributed by atoms with Crippen LogP contribution in [0.15, 0.2) is 90.1 Å². The van der Waals surface area contributed by atoms with Crippen LogP contribution in [-0.4, -0.2) is 172 Å². The number of aliphatic imine (C=N–C) groups is 1. The number of phenolic OH excluding ortho intramolecular Hbond substituents is 1. The normalized spacial score (nSPS) is 15.2.